The highest BCUT2D eigenvalue weighted by atomic mass is 35.5. The second-order valence-electron chi connectivity index (χ2n) is 4.36. The molecule has 4 nitrogen and oxygen atoms in total. The number of carboxylic acid groups (broad SMARTS) is 1. The lowest BCUT2D eigenvalue weighted by molar-refractivity contribution is -0.146. The Labute approximate surface area is 99.7 Å². The third-order valence-electron chi connectivity index (χ3n) is 2.91. The summed E-state index contributed by atoms with van der Waals surface area (Å²) in [7, 11) is 0. The van der Waals surface area contributed by atoms with Gasteiger partial charge in [0.2, 0.25) is 5.91 Å². The lowest BCUT2D eigenvalue weighted by Gasteiger charge is -2.15. The monoisotopic (exact) mass is 245 g/mol. The van der Waals surface area contributed by atoms with Gasteiger partial charge in [-0.15, -0.1) is 0 Å². The highest BCUT2D eigenvalue weighted by Crippen LogP contribution is 2.36. The first-order valence-corrected chi connectivity index (χ1v) is 5.63. The van der Waals surface area contributed by atoms with Gasteiger partial charge in [-0.1, -0.05) is 25.1 Å². The summed E-state index contributed by atoms with van der Waals surface area (Å²) in [5.41, 5.74) is 0. The van der Waals surface area contributed by atoms with Gasteiger partial charge in [-0.2, -0.15) is 0 Å². The van der Waals surface area contributed by atoms with Crippen LogP contribution in [0.3, 0.4) is 0 Å². The summed E-state index contributed by atoms with van der Waals surface area (Å²) < 4.78 is 0. The van der Waals surface area contributed by atoms with Crippen molar-refractivity contribution in [2.45, 2.75) is 19.8 Å². The van der Waals surface area contributed by atoms with E-state index in [4.69, 9.17) is 16.7 Å². The van der Waals surface area contributed by atoms with E-state index in [-0.39, 0.29) is 18.4 Å². The second kappa shape index (κ2) is 5.34. The van der Waals surface area contributed by atoms with Gasteiger partial charge in [0, 0.05) is 5.03 Å². The molecule has 0 heterocycles. The van der Waals surface area contributed by atoms with E-state index in [1.54, 1.807) is 0 Å². The number of carboxylic acids is 1. The molecule has 1 rings (SSSR count). The zero-order chi connectivity index (χ0) is 12.3. The number of carbonyl (C=O) groups is 2. The van der Waals surface area contributed by atoms with Crippen molar-refractivity contribution in [3.05, 3.63) is 11.6 Å². The van der Waals surface area contributed by atoms with Crippen molar-refractivity contribution in [1.82, 2.24) is 5.32 Å². The van der Waals surface area contributed by atoms with Crippen LogP contribution < -0.4 is 5.32 Å². The summed E-state index contributed by atoms with van der Waals surface area (Å²) in [6.07, 6.45) is 1.19. The van der Waals surface area contributed by atoms with Crippen LogP contribution in [0.15, 0.2) is 11.6 Å². The molecule has 0 aliphatic heterocycles. The Morgan fingerprint density at radius 3 is 2.50 bits per heavy atom. The number of hydrogen-bond donors (Lipinski definition) is 2. The molecule has 2 N–H and O–H groups in total. The smallest absolute Gasteiger partial charge is 0.307 e. The Bertz CT molecular complexity index is 316. The quantitative estimate of drug-likeness (QED) is 0.791. The van der Waals surface area contributed by atoms with Crippen LogP contribution in [0, 0.1) is 17.8 Å². The van der Waals surface area contributed by atoms with Gasteiger partial charge >= 0.3 is 5.97 Å². The molecule has 3 unspecified atom stereocenters. The van der Waals surface area contributed by atoms with Crippen LogP contribution in [0.5, 0.6) is 0 Å². The van der Waals surface area contributed by atoms with Gasteiger partial charge in [0.15, 0.2) is 0 Å². The van der Waals surface area contributed by atoms with E-state index < -0.39 is 17.8 Å². The third kappa shape index (κ3) is 3.23. The van der Waals surface area contributed by atoms with Crippen molar-refractivity contribution in [3.63, 3.8) is 0 Å². The first kappa shape index (κ1) is 13.0. The molecule has 1 amide bonds. The molecule has 1 fully saturated rings. The number of nitrogens with one attached hydrogen (secondary N) is 1. The van der Waals surface area contributed by atoms with Gasteiger partial charge in [0.05, 0.1) is 18.4 Å². The Morgan fingerprint density at radius 2 is 2.00 bits per heavy atom. The number of halogens is 1. The van der Waals surface area contributed by atoms with Crippen molar-refractivity contribution >= 4 is 23.5 Å². The molecule has 0 saturated heterocycles. The van der Waals surface area contributed by atoms with Gasteiger partial charge in [-0.3, -0.25) is 9.59 Å². The maximum atomic E-state index is 11.7. The average molecular weight is 246 g/mol. The second-order valence-corrected chi connectivity index (χ2v) is 4.90. The summed E-state index contributed by atoms with van der Waals surface area (Å²) in [6, 6.07) is 0. The molecule has 0 aromatic heterocycles. The highest BCUT2D eigenvalue weighted by molar-refractivity contribution is 6.29. The van der Waals surface area contributed by atoms with Gasteiger partial charge in [0.1, 0.15) is 0 Å². The molecule has 0 aromatic carbocycles. The van der Waals surface area contributed by atoms with Crippen LogP contribution >= 0.6 is 11.6 Å². The molecular weight excluding hydrogens is 230 g/mol. The predicted molar refractivity (Wildman–Crippen MR) is 61.0 cm³/mol. The van der Waals surface area contributed by atoms with E-state index in [0.717, 1.165) is 0 Å². The first-order valence-electron chi connectivity index (χ1n) is 5.25. The lowest BCUT2D eigenvalue weighted by Crippen LogP contribution is -2.35. The number of aliphatic carboxylic acids is 1. The summed E-state index contributed by atoms with van der Waals surface area (Å²) in [6.45, 7) is 5.61. The van der Waals surface area contributed by atoms with E-state index >= 15 is 0 Å². The van der Waals surface area contributed by atoms with Crippen molar-refractivity contribution in [2.75, 3.05) is 6.54 Å². The normalized spacial score (nSPS) is 28.8. The fourth-order valence-electron chi connectivity index (χ4n) is 2.17. The Balaban J connectivity index is 2.59. The average Bonchev–Trinajstić information content (AvgIpc) is 2.56. The molecule has 0 spiro atoms. The molecule has 5 heteroatoms. The van der Waals surface area contributed by atoms with E-state index in [1.165, 1.54) is 0 Å². The third-order valence-corrected chi connectivity index (χ3v) is 3.04. The van der Waals surface area contributed by atoms with E-state index in [1.807, 2.05) is 6.92 Å². The van der Waals surface area contributed by atoms with E-state index in [0.29, 0.717) is 17.9 Å². The Morgan fingerprint density at radius 1 is 1.44 bits per heavy atom. The maximum absolute atomic E-state index is 11.7. The maximum Gasteiger partial charge on any atom is 0.307 e. The minimum Gasteiger partial charge on any atom is -0.481 e. The van der Waals surface area contributed by atoms with Gasteiger partial charge in [-0.25, -0.2) is 0 Å². The van der Waals surface area contributed by atoms with Crippen LogP contribution in [-0.2, 0) is 9.59 Å². The van der Waals surface area contributed by atoms with Gasteiger partial charge in [-0.05, 0) is 18.8 Å². The minimum absolute atomic E-state index is 0.192. The Kier molecular flexibility index (Phi) is 4.35. The molecule has 1 saturated carbocycles. The van der Waals surface area contributed by atoms with Crippen molar-refractivity contribution < 1.29 is 14.7 Å². The van der Waals surface area contributed by atoms with Crippen LogP contribution in [0.4, 0.5) is 0 Å². The van der Waals surface area contributed by atoms with Crippen molar-refractivity contribution in [1.29, 1.82) is 0 Å². The lowest BCUT2D eigenvalue weighted by atomic mass is 9.95. The first-order chi connectivity index (χ1) is 7.41. The zero-order valence-corrected chi connectivity index (χ0v) is 9.96. The SMILES string of the molecule is C=C(Cl)CNC(=O)C1CC(C)CC1C(=O)O. The molecule has 3 atom stereocenters. The minimum atomic E-state index is -0.894. The zero-order valence-electron chi connectivity index (χ0n) is 9.20. The summed E-state index contributed by atoms with van der Waals surface area (Å²) in [5.74, 6) is -1.87. The van der Waals surface area contributed by atoms with Crippen LogP contribution in [0.1, 0.15) is 19.8 Å². The molecule has 0 radical (unpaired) electrons. The fourth-order valence-corrected chi connectivity index (χ4v) is 2.24. The summed E-state index contributed by atoms with van der Waals surface area (Å²) in [5, 5.41) is 11.9. The van der Waals surface area contributed by atoms with E-state index in [2.05, 4.69) is 11.9 Å². The molecule has 0 aromatic rings. The van der Waals surface area contributed by atoms with Crippen LogP contribution in [-0.4, -0.2) is 23.5 Å². The highest BCUT2D eigenvalue weighted by Gasteiger charge is 2.40. The predicted octanol–water partition coefficient (Wildman–Crippen LogP) is 1.60. The van der Waals surface area contributed by atoms with Crippen molar-refractivity contribution in [2.24, 2.45) is 17.8 Å². The van der Waals surface area contributed by atoms with Crippen LogP contribution in [0.25, 0.3) is 0 Å². The van der Waals surface area contributed by atoms with Gasteiger partial charge in [0.25, 0.3) is 0 Å². The molecule has 90 valence electrons. The Hall–Kier alpha value is -1.03. The number of rotatable bonds is 4. The molecule has 0 bridgehead atoms. The largest absolute Gasteiger partial charge is 0.481 e. The van der Waals surface area contributed by atoms with E-state index in [9.17, 15) is 9.59 Å². The standard InChI is InChI=1S/C11H16ClNO3/c1-6-3-8(9(4-6)11(15)16)10(14)13-5-7(2)12/h6,8-9H,2-5H2,1H3,(H,13,14)(H,15,16). The summed E-state index contributed by atoms with van der Waals surface area (Å²) >= 11 is 5.53. The molecular formula is C11H16ClNO3. The van der Waals surface area contributed by atoms with Crippen LogP contribution in [0.2, 0.25) is 0 Å². The summed E-state index contributed by atoms with van der Waals surface area (Å²) in [4.78, 5) is 22.7. The number of amides is 1. The number of hydrogen-bond acceptors (Lipinski definition) is 2. The molecule has 1 aliphatic carbocycles. The number of carbonyl (C=O) groups excluding carboxylic acids is 1. The van der Waals surface area contributed by atoms with Crippen molar-refractivity contribution in [3.8, 4) is 0 Å². The molecule has 16 heavy (non-hydrogen) atoms. The molecule has 1 aliphatic rings. The van der Waals surface area contributed by atoms with Gasteiger partial charge < -0.3 is 10.4 Å². The topological polar surface area (TPSA) is 66.4 Å². The fraction of sp³-hybridized carbons (Fsp3) is 0.636.